The molecule has 0 atom stereocenters. The third-order valence-electron chi connectivity index (χ3n) is 0. The zero-order chi connectivity index (χ0) is 0. The first-order valence-electron chi connectivity index (χ1n) is 0. The van der Waals surface area contributed by atoms with E-state index in [1.165, 1.54) is 0 Å². The Morgan fingerprint density at radius 2 is 1.00 bits per heavy atom. The fourth-order valence-corrected chi connectivity index (χ4v) is 0. The fourth-order valence-electron chi connectivity index (χ4n) is 0. The van der Waals surface area contributed by atoms with Gasteiger partial charge in [-0.3, -0.25) is 0 Å². The maximum Gasteiger partial charge on any atom is 0 e. The molecule has 0 bridgehead atoms. The molecule has 4 heavy (non-hydrogen) atoms. The second kappa shape index (κ2) is 23.5. The summed E-state index contributed by atoms with van der Waals surface area (Å²) in [5.74, 6) is 0. The summed E-state index contributed by atoms with van der Waals surface area (Å²) in [6.07, 6.45) is 0. The van der Waals surface area contributed by atoms with Gasteiger partial charge in [-0.05, 0) is 0 Å². The van der Waals surface area contributed by atoms with E-state index in [4.69, 9.17) is 0 Å². The number of rotatable bonds is 0. The number of hydrogen-bond acceptors (Lipinski definition) is 0. The summed E-state index contributed by atoms with van der Waals surface area (Å²) in [5.41, 5.74) is 0. The van der Waals surface area contributed by atoms with Gasteiger partial charge in [0.1, 0.15) is 0 Å². The van der Waals surface area contributed by atoms with Crippen LogP contribution in [0.15, 0.2) is 0 Å². The standard InChI is InChI=1S/CH3.Mn.H2N.Y/h1H3;;1H2;/q-1;;-1;. The normalized spacial score (nSPS) is 0. The van der Waals surface area contributed by atoms with Crippen molar-refractivity contribution < 1.29 is 49.8 Å². The first-order chi connectivity index (χ1) is 0. The minimum Gasteiger partial charge on any atom is -0.693 e. The molecule has 3 heteroatoms. The minimum atomic E-state index is 0. The van der Waals surface area contributed by atoms with Crippen LogP contribution in [0.1, 0.15) is 0 Å². The van der Waals surface area contributed by atoms with Crippen molar-refractivity contribution in [3.05, 3.63) is 13.6 Å². The SMILES string of the molecule is [CH3-].[Mn].[NH2-].[Y]. The Kier molecular flexibility index (Phi) is 275. The predicted octanol–water partition coefficient (Wildman–Crippen LogP) is 1.16. The first kappa shape index (κ1) is 46.8. The van der Waals surface area contributed by atoms with E-state index in [0.717, 1.165) is 0 Å². The average molecular weight is 175 g/mol. The van der Waals surface area contributed by atoms with Gasteiger partial charge in [0.25, 0.3) is 0 Å². The van der Waals surface area contributed by atoms with E-state index in [1.807, 2.05) is 0 Å². The van der Waals surface area contributed by atoms with E-state index in [-0.39, 0.29) is 63.4 Å². The Hall–Kier alpha value is 1.58. The summed E-state index contributed by atoms with van der Waals surface area (Å²) in [5, 5.41) is 0. The molecule has 26 valence electrons. The van der Waals surface area contributed by atoms with Crippen LogP contribution in [0.3, 0.4) is 0 Å². The Morgan fingerprint density at radius 3 is 1.00 bits per heavy atom. The largest absolute Gasteiger partial charge is 0.693 e. The molecule has 0 rings (SSSR count). The topological polar surface area (TPSA) is 33.5 Å². The van der Waals surface area contributed by atoms with Crippen molar-refractivity contribution >= 4 is 0 Å². The summed E-state index contributed by atoms with van der Waals surface area (Å²) in [4.78, 5) is 0. The number of nitrogens with two attached hydrogens (primary N) is 1. The van der Waals surface area contributed by atoms with Crippen molar-refractivity contribution in [1.29, 1.82) is 0 Å². The van der Waals surface area contributed by atoms with Gasteiger partial charge in [-0.2, -0.15) is 0 Å². The van der Waals surface area contributed by atoms with Crippen LogP contribution in [0.4, 0.5) is 0 Å². The molecular formula is CH5MnNY-2. The summed E-state index contributed by atoms with van der Waals surface area (Å²) in [7, 11) is 0. The molecule has 2 radical (unpaired) electrons. The van der Waals surface area contributed by atoms with Crippen LogP contribution in [0.25, 0.3) is 6.15 Å². The molecule has 0 saturated heterocycles. The molecule has 0 aromatic rings. The van der Waals surface area contributed by atoms with Gasteiger partial charge in [0.2, 0.25) is 0 Å². The minimum absolute atomic E-state index is 0. The maximum atomic E-state index is 0. The summed E-state index contributed by atoms with van der Waals surface area (Å²) in [6, 6.07) is 0. The van der Waals surface area contributed by atoms with Crippen LogP contribution in [-0.4, -0.2) is 0 Å². The Labute approximate surface area is 62.9 Å². The molecule has 0 amide bonds. The molecule has 0 aromatic carbocycles. The molecule has 0 aliphatic heterocycles. The molecule has 0 heterocycles. The van der Waals surface area contributed by atoms with Crippen LogP contribution in [0.5, 0.6) is 0 Å². The average Bonchev–Trinajstić information content (AvgIpc) is 0. The van der Waals surface area contributed by atoms with Crippen molar-refractivity contribution in [2.24, 2.45) is 0 Å². The molecule has 0 aromatic heterocycles. The summed E-state index contributed by atoms with van der Waals surface area (Å²) in [6.45, 7) is 0. The first-order valence-corrected chi connectivity index (χ1v) is 0. The van der Waals surface area contributed by atoms with E-state index >= 15 is 0 Å². The van der Waals surface area contributed by atoms with Gasteiger partial charge in [-0.15, -0.1) is 0 Å². The van der Waals surface area contributed by atoms with Gasteiger partial charge in [0, 0.05) is 49.8 Å². The smallest absolute Gasteiger partial charge is 0 e. The van der Waals surface area contributed by atoms with Crippen molar-refractivity contribution in [3.8, 4) is 0 Å². The summed E-state index contributed by atoms with van der Waals surface area (Å²) < 4.78 is 0. The van der Waals surface area contributed by atoms with Gasteiger partial charge in [0.05, 0.1) is 0 Å². The summed E-state index contributed by atoms with van der Waals surface area (Å²) >= 11 is 0. The maximum absolute atomic E-state index is 0. The molecule has 0 saturated carbocycles. The van der Waals surface area contributed by atoms with Crippen LogP contribution in [-0.2, 0) is 49.8 Å². The van der Waals surface area contributed by atoms with E-state index in [2.05, 4.69) is 0 Å². The van der Waals surface area contributed by atoms with Crippen LogP contribution in [0, 0.1) is 7.43 Å². The van der Waals surface area contributed by atoms with Crippen molar-refractivity contribution in [2.45, 2.75) is 0 Å². The zero-order valence-electron chi connectivity index (χ0n) is 2.53. The molecule has 0 aliphatic carbocycles. The van der Waals surface area contributed by atoms with Gasteiger partial charge in [0.15, 0.2) is 0 Å². The number of hydrogen-bond donors (Lipinski definition) is 0. The molecule has 0 fully saturated rings. The van der Waals surface area contributed by atoms with E-state index in [1.54, 1.807) is 0 Å². The van der Waals surface area contributed by atoms with Crippen molar-refractivity contribution in [3.63, 3.8) is 0 Å². The Morgan fingerprint density at radius 1 is 1.00 bits per heavy atom. The van der Waals surface area contributed by atoms with Crippen LogP contribution >= 0.6 is 0 Å². The Bertz CT molecular complexity index is 8.00. The quantitative estimate of drug-likeness (QED) is 0.391. The van der Waals surface area contributed by atoms with Gasteiger partial charge < -0.3 is 13.6 Å². The van der Waals surface area contributed by atoms with Crippen molar-refractivity contribution in [1.82, 2.24) is 0 Å². The van der Waals surface area contributed by atoms with Crippen LogP contribution < -0.4 is 0 Å². The van der Waals surface area contributed by atoms with E-state index < -0.39 is 0 Å². The Balaban J connectivity index is 0. The molecule has 0 unspecified atom stereocenters. The van der Waals surface area contributed by atoms with Crippen molar-refractivity contribution in [2.75, 3.05) is 0 Å². The molecule has 0 spiro atoms. The zero-order valence-corrected chi connectivity index (χ0v) is 6.55. The van der Waals surface area contributed by atoms with E-state index in [0.29, 0.717) is 0 Å². The van der Waals surface area contributed by atoms with Gasteiger partial charge >= 0.3 is 0 Å². The third kappa shape index (κ3) is 9.54. The molecule has 2 N–H and O–H groups in total. The molecule has 1 nitrogen and oxygen atoms in total. The van der Waals surface area contributed by atoms with E-state index in [9.17, 15) is 0 Å². The predicted molar refractivity (Wildman–Crippen MR) is 11.7 cm³/mol. The fraction of sp³-hybridized carbons (Fsp3) is 0. The molecular weight excluding hydrogens is 170 g/mol. The second-order valence-electron chi connectivity index (χ2n) is 0. The second-order valence-corrected chi connectivity index (χ2v) is 0. The third-order valence-corrected chi connectivity index (χ3v) is 0. The molecule has 0 aliphatic rings. The monoisotopic (exact) mass is 175 g/mol. The van der Waals surface area contributed by atoms with Gasteiger partial charge in [-0.1, -0.05) is 0 Å². The van der Waals surface area contributed by atoms with Crippen LogP contribution in [0.2, 0.25) is 0 Å². The van der Waals surface area contributed by atoms with Gasteiger partial charge in [-0.25, -0.2) is 0 Å².